The molecule has 0 spiro atoms. The third-order valence-corrected chi connectivity index (χ3v) is 5.08. The molecule has 8 heteroatoms. The van der Waals surface area contributed by atoms with Gasteiger partial charge in [-0.25, -0.2) is 0 Å². The minimum atomic E-state index is -0.536. The van der Waals surface area contributed by atoms with Gasteiger partial charge in [0.05, 0.1) is 16.2 Å². The van der Waals surface area contributed by atoms with Gasteiger partial charge in [0.1, 0.15) is 0 Å². The molecule has 1 aromatic rings. The van der Waals surface area contributed by atoms with Gasteiger partial charge in [-0.1, -0.05) is 0 Å². The lowest BCUT2D eigenvalue weighted by Crippen LogP contribution is -2.37. The number of nitrogen functional groups attached to an aromatic ring is 1. The number of carbonyl (C=O) groups is 1. The van der Waals surface area contributed by atoms with Crippen molar-refractivity contribution in [3.63, 3.8) is 0 Å². The van der Waals surface area contributed by atoms with E-state index in [9.17, 15) is 14.9 Å². The maximum atomic E-state index is 12.3. The van der Waals surface area contributed by atoms with Crippen LogP contribution in [0.15, 0.2) is 18.2 Å². The maximum Gasteiger partial charge on any atom is 0.270 e. The number of thioether (sulfide) groups is 1. The van der Waals surface area contributed by atoms with Crippen LogP contribution in [0.5, 0.6) is 0 Å². The molecule has 1 heterocycles. The first-order valence-corrected chi connectivity index (χ1v) is 7.61. The molecule has 4 N–H and O–H groups in total. The summed E-state index contributed by atoms with van der Waals surface area (Å²) in [6.07, 6.45) is 2.19. The summed E-state index contributed by atoms with van der Waals surface area (Å²) in [5.41, 5.74) is 2.80. The lowest BCUT2D eigenvalue weighted by atomic mass is 10.1. The van der Waals surface area contributed by atoms with E-state index in [1.807, 2.05) is 11.8 Å². The highest BCUT2D eigenvalue weighted by atomic mass is 32.2. The first-order chi connectivity index (χ1) is 9.95. The quantitative estimate of drug-likeness (QED) is 0.435. The van der Waals surface area contributed by atoms with Gasteiger partial charge in [0, 0.05) is 23.4 Å². The van der Waals surface area contributed by atoms with Crippen molar-refractivity contribution in [1.82, 2.24) is 5.32 Å². The van der Waals surface area contributed by atoms with Crippen molar-refractivity contribution in [2.75, 3.05) is 17.7 Å². The third-order valence-electron chi connectivity index (χ3n) is 3.54. The zero-order valence-electron chi connectivity index (χ0n) is 11.7. The Morgan fingerprint density at radius 3 is 2.90 bits per heavy atom. The van der Waals surface area contributed by atoms with E-state index in [1.54, 1.807) is 0 Å². The van der Waals surface area contributed by atoms with Gasteiger partial charge >= 0.3 is 0 Å². The van der Waals surface area contributed by atoms with E-state index in [0.717, 1.165) is 18.6 Å². The van der Waals surface area contributed by atoms with Crippen molar-refractivity contribution in [3.8, 4) is 0 Å². The van der Waals surface area contributed by atoms with Gasteiger partial charge in [-0.05, 0) is 31.6 Å². The van der Waals surface area contributed by atoms with Gasteiger partial charge in [0.2, 0.25) is 0 Å². The number of carbonyl (C=O) groups excluding carboxylic acids is 1. The number of nitrogens with zero attached hydrogens (tertiary/aromatic N) is 1. The molecule has 2 rings (SSSR count). The van der Waals surface area contributed by atoms with Crippen molar-refractivity contribution in [2.45, 2.75) is 24.5 Å². The first kappa shape index (κ1) is 15.6. The highest BCUT2D eigenvalue weighted by molar-refractivity contribution is 8.00. The average molecular weight is 310 g/mol. The highest BCUT2D eigenvalue weighted by Gasteiger charge is 2.30. The second-order valence-corrected chi connectivity index (χ2v) is 6.90. The Bertz CT molecular complexity index is 558. The molecule has 0 aromatic heterocycles. The summed E-state index contributed by atoms with van der Waals surface area (Å²) in [4.78, 5) is 22.5. The minimum Gasteiger partial charge on any atom is -0.351 e. The van der Waals surface area contributed by atoms with Crippen molar-refractivity contribution < 1.29 is 9.72 Å². The Labute approximate surface area is 126 Å². The number of non-ortho nitro benzene ring substituents is 1. The van der Waals surface area contributed by atoms with Crippen LogP contribution in [0.25, 0.3) is 0 Å². The number of hydrazine groups is 1. The van der Waals surface area contributed by atoms with Gasteiger partial charge in [-0.2, -0.15) is 11.8 Å². The molecular formula is C13H18N4O3S. The van der Waals surface area contributed by atoms with Crippen LogP contribution in [0, 0.1) is 10.1 Å². The van der Waals surface area contributed by atoms with E-state index >= 15 is 0 Å². The molecule has 1 aliphatic heterocycles. The molecule has 1 aliphatic rings. The van der Waals surface area contributed by atoms with Crippen molar-refractivity contribution in [3.05, 3.63) is 33.9 Å². The van der Waals surface area contributed by atoms with Crippen LogP contribution in [0.4, 0.5) is 11.4 Å². The van der Waals surface area contributed by atoms with Crippen LogP contribution in [0.1, 0.15) is 30.1 Å². The molecule has 1 unspecified atom stereocenters. The van der Waals surface area contributed by atoms with E-state index in [2.05, 4.69) is 17.7 Å². The lowest BCUT2D eigenvalue weighted by molar-refractivity contribution is -0.384. The molecule has 0 aliphatic carbocycles. The van der Waals surface area contributed by atoms with Crippen molar-refractivity contribution in [1.29, 1.82) is 0 Å². The number of hydrogen-bond donors (Lipinski definition) is 3. The second-order valence-electron chi connectivity index (χ2n) is 5.22. The number of rotatable bonds is 5. The molecule has 7 nitrogen and oxygen atoms in total. The number of nitrogens with two attached hydrogens (primary N) is 1. The fourth-order valence-electron chi connectivity index (χ4n) is 2.30. The zero-order chi connectivity index (χ0) is 15.5. The summed E-state index contributed by atoms with van der Waals surface area (Å²) >= 11 is 1.84. The SMILES string of the molecule is CC1(CNC(=O)c2cc([N+](=O)[O-])ccc2NN)CCCS1. The van der Waals surface area contributed by atoms with E-state index in [4.69, 9.17) is 5.84 Å². The topological polar surface area (TPSA) is 110 Å². The van der Waals surface area contributed by atoms with E-state index in [0.29, 0.717) is 12.2 Å². The molecule has 0 radical (unpaired) electrons. The summed E-state index contributed by atoms with van der Waals surface area (Å²) in [6.45, 7) is 2.64. The van der Waals surface area contributed by atoms with E-state index < -0.39 is 4.92 Å². The Kier molecular flexibility index (Phi) is 4.69. The molecule has 0 saturated carbocycles. The number of hydrogen-bond acceptors (Lipinski definition) is 6. The van der Waals surface area contributed by atoms with E-state index in [-0.39, 0.29) is 21.9 Å². The fraction of sp³-hybridized carbons (Fsp3) is 0.462. The monoisotopic (exact) mass is 310 g/mol. The number of nitro groups is 1. The molecule has 1 amide bonds. The second kappa shape index (κ2) is 6.31. The Hall–Kier alpha value is -1.80. The molecule has 1 aromatic carbocycles. The normalized spacial score (nSPS) is 21.0. The Balaban J connectivity index is 2.13. The summed E-state index contributed by atoms with van der Waals surface area (Å²) in [5, 5.41) is 13.7. The van der Waals surface area contributed by atoms with Gasteiger partial charge < -0.3 is 10.7 Å². The third kappa shape index (κ3) is 3.64. The zero-order valence-corrected chi connectivity index (χ0v) is 12.5. The van der Waals surface area contributed by atoms with Gasteiger partial charge in [0.15, 0.2) is 0 Å². The largest absolute Gasteiger partial charge is 0.351 e. The Morgan fingerprint density at radius 1 is 1.57 bits per heavy atom. The van der Waals surface area contributed by atoms with Crippen LogP contribution >= 0.6 is 11.8 Å². The highest BCUT2D eigenvalue weighted by Crippen LogP contribution is 2.37. The fourth-order valence-corrected chi connectivity index (χ4v) is 3.54. The molecule has 1 atom stereocenters. The van der Waals surface area contributed by atoms with Crippen molar-refractivity contribution >= 4 is 29.0 Å². The van der Waals surface area contributed by atoms with Crippen LogP contribution < -0.4 is 16.6 Å². The number of benzene rings is 1. The average Bonchev–Trinajstić information content (AvgIpc) is 2.91. The summed E-state index contributed by atoms with van der Waals surface area (Å²) in [7, 11) is 0. The maximum absolute atomic E-state index is 12.3. The minimum absolute atomic E-state index is 0.0344. The predicted octanol–water partition coefficient (Wildman–Crippen LogP) is 1.90. The molecule has 21 heavy (non-hydrogen) atoms. The summed E-state index contributed by atoms with van der Waals surface area (Å²) in [5.74, 6) is 6.09. The standard InChI is InChI=1S/C13H18N4O3S/c1-13(5-2-6-21-13)8-15-12(18)10-7-9(17(19)20)3-4-11(10)16-14/h3-4,7,16H,2,5-6,8,14H2,1H3,(H,15,18). The summed E-state index contributed by atoms with van der Waals surface area (Å²) in [6, 6.07) is 3.97. The van der Waals surface area contributed by atoms with Crippen LogP contribution in [0.3, 0.4) is 0 Å². The lowest BCUT2D eigenvalue weighted by Gasteiger charge is -2.23. The van der Waals surface area contributed by atoms with Crippen molar-refractivity contribution in [2.24, 2.45) is 5.84 Å². The molecule has 1 fully saturated rings. The molecule has 1 saturated heterocycles. The van der Waals surface area contributed by atoms with Gasteiger partial charge in [-0.15, -0.1) is 0 Å². The number of anilines is 1. The van der Waals surface area contributed by atoms with Gasteiger partial charge in [0.25, 0.3) is 11.6 Å². The van der Waals surface area contributed by atoms with E-state index in [1.165, 1.54) is 18.2 Å². The molecule has 0 bridgehead atoms. The van der Waals surface area contributed by atoms with Gasteiger partial charge in [-0.3, -0.25) is 20.8 Å². The summed E-state index contributed by atoms with van der Waals surface area (Å²) < 4.78 is 0.0344. The number of amides is 1. The smallest absolute Gasteiger partial charge is 0.270 e. The van der Waals surface area contributed by atoms with Crippen LogP contribution in [0.2, 0.25) is 0 Å². The Morgan fingerprint density at radius 2 is 2.33 bits per heavy atom. The number of nitro benzene ring substituents is 1. The van der Waals surface area contributed by atoms with Crippen LogP contribution in [-0.2, 0) is 0 Å². The number of nitrogens with one attached hydrogen (secondary N) is 2. The predicted molar refractivity (Wildman–Crippen MR) is 83.3 cm³/mol. The molecule has 114 valence electrons. The molecular weight excluding hydrogens is 292 g/mol. The van der Waals surface area contributed by atoms with Crippen LogP contribution in [-0.4, -0.2) is 27.9 Å². The first-order valence-electron chi connectivity index (χ1n) is 6.62.